The standard InChI is InChI=1S/C20H26N2O3S/c1-14-7-10-18(11-8-14)22(26(5,24)25)13-20(23)21-17(4)19-12-15(2)6-9-16(19)3/h6-12,17H,13H2,1-5H3,(H,21,23)/t17-/m1/s1. The summed E-state index contributed by atoms with van der Waals surface area (Å²) in [5.74, 6) is -0.343. The molecule has 2 rings (SSSR count). The molecule has 0 aliphatic rings. The van der Waals surface area contributed by atoms with Crippen LogP contribution in [0.2, 0.25) is 0 Å². The molecule has 0 aliphatic heterocycles. The fourth-order valence-electron chi connectivity index (χ4n) is 2.83. The number of hydrogen-bond donors (Lipinski definition) is 1. The van der Waals surface area contributed by atoms with E-state index in [0.717, 1.165) is 32.8 Å². The van der Waals surface area contributed by atoms with E-state index < -0.39 is 10.0 Å². The third kappa shape index (κ3) is 5.08. The topological polar surface area (TPSA) is 66.5 Å². The molecule has 0 radical (unpaired) electrons. The van der Waals surface area contributed by atoms with Gasteiger partial charge >= 0.3 is 0 Å². The van der Waals surface area contributed by atoms with Crippen LogP contribution in [0.1, 0.15) is 35.2 Å². The van der Waals surface area contributed by atoms with Gasteiger partial charge in [0.2, 0.25) is 15.9 Å². The van der Waals surface area contributed by atoms with Gasteiger partial charge in [0, 0.05) is 0 Å². The van der Waals surface area contributed by atoms with Gasteiger partial charge in [-0.1, -0.05) is 41.5 Å². The molecule has 1 N–H and O–H groups in total. The van der Waals surface area contributed by atoms with Gasteiger partial charge in [0.25, 0.3) is 0 Å². The highest BCUT2D eigenvalue weighted by molar-refractivity contribution is 7.92. The number of rotatable bonds is 6. The lowest BCUT2D eigenvalue weighted by molar-refractivity contribution is -0.120. The average molecular weight is 375 g/mol. The van der Waals surface area contributed by atoms with Crippen molar-refractivity contribution in [2.75, 3.05) is 17.1 Å². The second-order valence-electron chi connectivity index (χ2n) is 6.75. The van der Waals surface area contributed by atoms with Crippen LogP contribution in [0.3, 0.4) is 0 Å². The first-order chi connectivity index (χ1) is 12.1. The highest BCUT2D eigenvalue weighted by Gasteiger charge is 2.22. The zero-order valence-corrected chi connectivity index (χ0v) is 16.7. The van der Waals surface area contributed by atoms with E-state index in [9.17, 15) is 13.2 Å². The van der Waals surface area contributed by atoms with Crippen molar-refractivity contribution < 1.29 is 13.2 Å². The maximum absolute atomic E-state index is 12.5. The number of aryl methyl sites for hydroxylation is 3. The SMILES string of the molecule is Cc1ccc(N(CC(=O)N[C@H](C)c2cc(C)ccc2C)S(C)(=O)=O)cc1. The van der Waals surface area contributed by atoms with Gasteiger partial charge in [-0.3, -0.25) is 9.10 Å². The summed E-state index contributed by atoms with van der Waals surface area (Å²) in [7, 11) is -3.57. The Bertz CT molecular complexity index is 890. The number of carbonyl (C=O) groups is 1. The molecule has 0 fully saturated rings. The van der Waals surface area contributed by atoms with Gasteiger partial charge in [-0.15, -0.1) is 0 Å². The van der Waals surface area contributed by atoms with Crippen LogP contribution in [0.15, 0.2) is 42.5 Å². The molecule has 0 saturated heterocycles. The Morgan fingerprint density at radius 1 is 1.04 bits per heavy atom. The Morgan fingerprint density at radius 3 is 2.19 bits per heavy atom. The fourth-order valence-corrected chi connectivity index (χ4v) is 3.69. The van der Waals surface area contributed by atoms with Crippen molar-refractivity contribution in [1.29, 1.82) is 0 Å². The summed E-state index contributed by atoms with van der Waals surface area (Å²) >= 11 is 0. The predicted octanol–water partition coefficient (Wildman–Crippen LogP) is 3.26. The van der Waals surface area contributed by atoms with Crippen LogP contribution >= 0.6 is 0 Å². The third-order valence-corrected chi connectivity index (χ3v) is 5.43. The maximum atomic E-state index is 12.5. The van der Waals surface area contributed by atoms with Crippen LogP contribution in [0.5, 0.6) is 0 Å². The molecule has 0 saturated carbocycles. The third-order valence-electron chi connectivity index (χ3n) is 4.29. The summed E-state index contributed by atoms with van der Waals surface area (Å²) in [6, 6.07) is 12.9. The smallest absolute Gasteiger partial charge is 0.241 e. The number of amides is 1. The second kappa shape index (κ2) is 7.91. The number of sulfonamides is 1. The first-order valence-electron chi connectivity index (χ1n) is 8.49. The minimum Gasteiger partial charge on any atom is -0.348 e. The molecule has 0 heterocycles. The van der Waals surface area contributed by atoms with Crippen LogP contribution in [0, 0.1) is 20.8 Å². The molecule has 2 aromatic rings. The number of hydrogen-bond acceptors (Lipinski definition) is 3. The van der Waals surface area contributed by atoms with E-state index in [0.29, 0.717) is 5.69 Å². The second-order valence-corrected chi connectivity index (χ2v) is 8.66. The molecule has 1 amide bonds. The Balaban J connectivity index is 2.17. The molecular weight excluding hydrogens is 348 g/mol. The molecule has 26 heavy (non-hydrogen) atoms. The van der Waals surface area contributed by atoms with Crippen molar-refractivity contribution in [3.05, 3.63) is 64.7 Å². The maximum Gasteiger partial charge on any atom is 0.241 e. The van der Waals surface area contributed by atoms with Crippen LogP contribution in [-0.4, -0.2) is 27.1 Å². The molecule has 0 aromatic heterocycles. The van der Waals surface area contributed by atoms with Gasteiger partial charge < -0.3 is 5.32 Å². The number of carbonyl (C=O) groups excluding carboxylic acids is 1. The van der Waals surface area contributed by atoms with Crippen molar-refractivity contribution >= 4 is 21.6 Å². The highest BCUT2D eigenvalue weighted by atomic mass is 32.2. The van der Waals surface area contributed by atoms with E-state index in [1.54, 1.807) is 12.1 Å². The predicted molar refractivity (Wildman–Crippen MR) is 106 cm³/mol. The summed E-state index contributed by atoms with van der Waals surface area (Å²) in [6.07, 6.45) is 1.11. The van der Waals surface area contributed by atoms with E-state index in [1.165, 1.54) is 0 Å². The summed E-state index contributed by atoms with van der Waals surface area (Å²) < 4.78 is 25.4. The molecule has 5 nitrogen and oxygen atoms in total. The molecule has 6 heteroatoms. The van der Waals surface area contributed by atoms with Crippen molar-refractivity contribution in [1.82, 2.24) is 5.32 Å². The van der Waals surface area contributed by atoms with Crippen LogP contribution in [0.4, 0.5) is 5.69 Å². The minimum absolute atomic E-state index is 0.207. The quantitative estimate of drug-likeness (QED) is 0.844. The number of nitrogens with one attached hydrogen (secondary N) is 1. The molecule has 0 unspecified atom stereocenters. The first-order valence-corrected chi connectivity index (χ1v) is 10.3. The summed E-state index contributed by atoms with van der Waals surface area (Å²) in [4.78, 5) is 12.5. The monoisotopic (exact) mass is 374 g/mol. The first kappa shape index (κ1) is 20.0. The number of nitrogens with zero attached hydrogens (tertiary/aromatic N) is 1. The Labute approximate surface area is 156 Å². The zero-order valence-electron chi connectivity index (χ0n) is 15.9. The lowest BCUT2D eigenvalue weighted by Crippen LogP contribution is -2.41. The van der Waals surface area contributed by atoms with Crippen LogP contribution < -0.4 is 9.62 Å². The van der Waals surface area contributed by atoms with E-state index in [4.69, 9.17) is 0 Å². The lowest BCUT2D eigenvalue weighted by Gasteiger charge is -2.24. The molecular formula is C20H26N2O3S. The number of benzene rings is 2. The normalized spacial score (nSPS) is 12.5. The van der Waals surface area contributed by atoms with Crippen molar-refractivity contribution in [2.24, 2.45) is 0 Å². The fraction of sp³-hybridized carbons (Fsp3) is 0.350. The molecule has 2 aromatic carbocycles. The van der Waals surface area contributed by atoms with Gasteiger partial charge in [-0.05, 0) is 51.0 Å². The van der Waals surface area contributed by atoms with E-state index in [-0.39, 0.29) is 18.5 Å². The molecule has 0 aliphatic carbocycles. The highest BCUT2D eigenvalue weighted by Crippen LogP contribution is 2.20. The van der Waals surface area contributed by atoms with Gasteiger partial charge in [-0.2, -0.15) is 0 Å². The van der Waals surface area contributed by atoms with Gasteiger partial charge in [-0.25, -0.2) is 8.42 Å². The average Bonchev–Trinajstić information content (AvgIpc) is 2.55. The van der Waals surface area contributed by atoms with E-state index >= 15 is 0 Å². The summed E-state index contributed by atoms with van der Waals surface area (Å²) in [6.45, 7) is 7.56. The zero-order chi connectivity index (χ0) is 19.5. The largest absolute Gasteiger partial charge is 0.348 e. The van der Waals surface area contributed by atoms with Gasteiger partial charge in [0.05, 0.1) is 18.0 Å². The van der Waals surface area contributed by atoms with Crippen molar-refractivity contribution in [2.45, 2.75) is 33.7 Å². The molecule has 1 atom stereocenters. The molecule has 0 spiro atoms. The Hall–Kier alpha value is -2.34. The molecule has 0 bridgehead atoms. The van der Waals surface area contributed by atoms with Gasteiger partial charge in [0.1, 0.15) is 6.54 Å². The van der Waals surface area contributed by atoms with Crippen molar-refractivity contribution in [3.8, 4) is 0 Å². The molecule has 140 valence electrons. The van der Waals surface area contributed by atoms with Crippen molar-refractivity contribution in [3.63, 3.8) is 0 Å². The van der Waals surface area contributed by atoms with E-state index in [2.05, 4.69) is 5.32 Å². The van der Waals surface area contributed by atoms with Crippen LogP contribution in [0.25, 0.3) is 0 Å². The lowest BCUT2D eigenvalue weighted by atomic mass is 10.00. The van der Waals surface area contributed by atoms with E-state index in [1.807, 2.05) is 58.0 Å². The Kier molecular flexibility index (Phi) is 6.08. The Morgan fingerprint density at radius 2 is 1.62 bits per heavy atom. The number of anilines is 1. The minimum atomic E-state index is -3.57. The van der Waals surface area contributed by atoms with Gasteiger partial charge in [0.15, 0.2) is 0 Å². The van der Waals surface area contributed by atoms with Crippen LogP contribution in [-0.2, 0) is 14.8 Å². The summed E-state index contributed by atoms with van der Waals surface area (Å²) in [5, 5.41) is 2.90. The summed E-state index contributed by atoms with van der Waals surface area (Å²) in [5.41, 5.74) is 4.73.